The molecule has 0 aromatic carbocycles. The van der Waals surface area contributed by atoms with Crippen LogP contribution in [0, 0.1) is 0 Å². The van der Waals surface area contributed by atoms with Crippen molar-refractivity contribution in [2.24, 2.45) is 0 Å². The molecule has 0 aromatic rings. The second-order valence-corrected chi connectivity index (χ2v) is 3.85. The Balaban J connectivity index is 2.41. The second kappa shape index (κ2) is 4.91. The van der Waals surface area contributed by atoms with Crippen molar-refractivity contribution in [3.63, 3.8) is 0 Å². The first-order valence-electron chi connectivity index (χ1n) is 4.08. The molecule has 1 aliphatic heterocycles. The number of likely N-dealkylation sites (tertiary alicyclic amines) is 1. The van der Waals surface area contributed by atoms with Crippen LogP contribution in [-0.4, -0.2) is 39.4 Å². The number of hydrogen-bond acceptors (Lipinski definition) is 3. The number of piperidine rings is 1. The van der Waals surface area contributed by atoms with E-state index in [1.54, 1.807) is 7.11 Å². The molecule has 1 aliphatic rings. The van der Waals surface area contributed by atoms with Crippen LogP contribution in [-0.2, 0) is 15.8 Å². The summed E-state index contributed by atoms with van der Waals surface area (Å²) in [5.74, 6) is 0.207. The van der Waals surface area contributed by atoms with Gasteiger partial charge in [-0.25, -0.2) is 4.21 Å². The molecule has 1 fully saturated rings. The first-order valence-corrected chi connectivity index (χ1v) is 5.36. The van der Waals surface area contributed by atoms with E-state index in [1.165, 1.54) is 0 Å². The summed E-state index contributed by atoms with van der Waals surface area (Å²) in [6.45, 7) is 0.866. The molecule has 72 valence electrons. The molecule has 2 atom stereocenters. The van der Waals surface area contributed by atoms with Gasteiger partial charge < -0.3 is 9.29 Å². The molecule has 0 spiro atoms. The predicted molar refractivity (Wildman–Crippen MR) is 47.0 cm³/mol. The van der Waals surface area contributed by atoms with Gasteiger partial charge >= 0.3 is 0 Å². The number of methoxy groups -OCH3 is 1. The van der Waals surface area contributed by atoms with Gasteiger partial charge in [0.05, 0.1) is 0 Å². The van der Waals surface area contributed by atoms with Crippen LogP contribution >= 0.6 is 0 Å². The Morgan fingerprint density at radius 2 is 2.42 bits per heavy atom. The molecule has 4 nitrogen and oxygen atoms in total. The molecule has 1 N–H and O–H groups in total. The third-order valence-electron chi connectivity index (χ3n) is 2.10. The van der Waals surface area contributed by atoms with Crippen LogP contribution in [0.1, 0.15) is 19.3 Å². The van der Waals surface area contributed by atoms with Crippen molar-refractivity contribution in [3.05, 3.63) is 0 Å². The summed E-state index contributed by atoms with van der Waals surface area (Å²) < 4.78 is 24.4. The van der Waals surface area contributed by atoms with Gasteiger partial charge in [0.1, 0.15) is 12.1 Å². The lowest BCUT2D eigenvalue weighted by Gasteiger charge is -2.33. The maximum atomic E-state index is 10.5. The SMILES string of the molecule is COC1CCCCN1CS(=O)O. The minimum Gasteiger partial charge on any atom is -0.366 e. The molecule has 0 radical (unpaired) electrons. The van der Waals surface area contributed by atoms with Crippen molar-refractivity contribution in [2.45, 2.75) is 25.5 Å². The van der Waals surface area contributed by atoms with Gasteiger partial charge in [0, 0.05) is 13.7 Å². The molecule has 1 rings (SSSR count). The quantitative estimate of drug-likeness (QED) is 0.668. The maximum absolute atomic E-state index is 10.5. The Morgan fingerprint density at radius 3 is 3.00 bits per heavy atom. The monoisotopic (exact) mass is 193 g/mol. The molecule has 12 heavy (non-hydrogen) atoms. The van der Waals surface area contributed by atoms with Crippen LogP contribution < -0.4 is 0 Å². The third-order valence-corrected chi connectivity index (χ3v) is 2.65. The summed E-state index contributed by atoms with van der Waals surface area (Å²) >= 11 is -1.74. The largest absolute Gasteiger partial charge is 0.366 e. The fourth-order valence-electron chi connectivity index (χ4n) is 1.52. The first kappa shape index (κ1) is 10.1. The van der Waals surface area contributed by atoms with Crippen LogP contribution in [0.4, 0.5) is 0 Å². The Bertz CT molecular complexity index is 165. The van der Waals surface area contributed by atoms with Gasteiger partial charge in [-0.1, -0.05) is 0 Å². The molecule has 1 heterocycles. The van der Waals surface area contributed by atoms with E-state index < -0.39 is 11.1 Å². The second-order valence-electron chi connectivity index (χ2n) is 2.95. The maximum Gasteiger partial charge on any atom is 0.167 e. The van der Waals surface area contributed by atoms with Crippen molar-refractivity contribution in [3.8, 4) is 0 Å². The Kier molecular flexibility index (Phi) is 4.14. The highest BCUT2D eigenvalue weighted by atomic mass is 32.2. The number of rotatable bonds is 3. The van der Waals surface area contributed by atoms with Crippen molar-refractivity contribution < 1.29 is 13.5 Å². The van der Waals surface area contributed by atoms with Crippen LogP contribution in [0.15, 0.2) is 0 Å². The van der Waals surface area contributed by atoms with Crippen molar-refractivity contribution in [1.29, 1.82) is 0 Å². The first-order chi connectivity index (χ1) is 5.74. The normalized spacial score (nSPS) is 28.7. The topological polar surface area (TPSA) is 49.8 Å². The van der Waals surface area contributed by atoms with Gasteiger partial charge in [-0.05, 0) is 19.3 Å². The fourth-order valence-corrected chi connectivity index (χ4v) is 2.10. The number of hydrogen-bond donors (Lipinski definition) is 1. The van der Waals surface area contributed by atoms with Crippen molar-refractivity contribution in [1.82, 2.24) is 4.90 Å². The van der Waals surface area contributed by atoms with Crippen molar-refractivity contribution in [2.75, 3.05) is 19.5 Å². The van der Waals surface area contributed by atoms with Crippen LogP contribution in [0.2, 0.25) is 0 Å². The highest BCUT2D eigenvalue weighted by molar-refractivity contribution is 7.79. The lowest BCUT2D eigenvalue weighted by molar-refractivity contribution is -0.0454. The molecule has 1 saturated heterocycles. The lowest BCUT2D eigenvalue weighted by atomic mass is 10.1. The average Bonchev–Trinajstić information content (AvgIpc) is 2.04. The zero-order chi connectivity index (χ0) is 8.97. The summed E-state index contributed by atoms with van der Waals surface area (Å²) in [6.07, 6.45) is 3.24. The van der Waals surface area contributed by atoms with E-state index in [9.17, 15) is 4.21 Å². The summed E-state index contributed by atoms with van der Waals surface area (Å²) in [4.78, 5) is 1.92. The number of nitrogens with zero attached hydrogens (tertiary/aromatic N) is 1. The predicted octanol–water partition coefficient (Wildman–Crippen LogP) is 0.624. The van der Waals surface area contributed by atoms with Gasteiger partial charge in [-0.15, -0.1) is 0 Å². The lowest BCUT2D eigenvalue weighted by Crippen LogP contribution is -2.42. The molecule has 0 saturated carbocycles. The van der Waals surface area contributed by atoms with Gasteiger partial charge in [0.25, 0.3) is 0 Å². The zero-order valence-electron chi connectivity index (χ0n) is 7.23. The molecular formula is C7H15NO3S. The minimum absolute atomic E-state index is 0.0369. The average molecular weight is 193 g/mol. The highest BCUT2D eigenvalue weighted by Crippen LogP contribution is 2.16. The van der Waals surface area contributed by atoms with Crippen molar-refractivity contribution >= 4 is 11.1 Å². The molecule has 2 unspecified atom stereocenters. The summed E-state index contributed by atoms with van der Waals surface area (Å²) in [7, 11) is 1.64. The van der Waals surface area contributed by atoms with Gasteiger partial charge in [0.2, 0.25) is 0 Å². The molecular weight excluding hydrogens is 178 g/mol. The van der Waals surface area contributed by atoms with Crippen LogP contribution in [0.3, 0.4) is 0 Å². The van der Waals surface area contributed by atoms with Crippen LogP contribution in [0.25, 0.3) is 0 Å². The Morgan fingerprint density at radius 1 is 1.67 bits per heavy atom. The van der Waals surface area contributed by atoms with E-state index in [2.05, 4.69) is 0 Å². The fraction of sp³-hybridized carbons (Fsp3) is 1.00. The Hall–Kier alpha value is 0.0300. The zero-order valence-corrected chi connectivity index (χ0v) is 8.05. The molecule has 0 amide bonds. The molecule has 0 aliphatic carbocycles. The molecule has 0 bridgehead atoms. The summed E-state index contributed by atoms with van der Waals surface area (Å²) in [5.41, 5.74) is 0. The standard InChI is InChI=1S/C7H15NO3S/c1-11-7-4-2-3-5-8(7)6-12(9)10/h7H,2-6H2,1H3,(H,9,10). The van der Waals surface area contributed by atoms with E-state index >= 15 is 0 Å². The van der Waals surface area contributed by atoms with Crippen LogP contribution in [0.5, 0.6) is 0 Å². The van der Waals surface area contributed by atoms with Gasteiger partial charge in [-0.3, -0.25) is 4.90 Å². The van der Waals surface area contributed by atoms with Gasteiger partial charge in [0.15, 0.2) is 11.1 Å². The molecule has 5 heteroatoms. The van der Waals surface area contributed by atoms with E-state index in [0.29, 0.717) is 0 Å². The third kappa shape index (κ3) is 2.82. The minimum atomic E-state index is -1.74. The Labute approximate surface area is 75.2 Å². The number of ether oxygens (including phenoxy) is 1. The van der Waals surface area contributed by atoms with E-state index in [4.69, 9.17) is 9.29 Å². The van der Waals surface area contributed by atoms with E-state index in [0.717, 1.165) is 25.8 Å². The summed E-state index contributed by atoms with van der Waals surface area (Å²) in [6, 6.07) is 0. The van der Waals surface area contributed by atoms with E-state index in [-0.39, 0.29) is 12.1 Å². The summed E-state index contributed by atoms with van der Waals surface area (Å²) in [5, 5.41) is 0. The molecule has 0 aromatic heterocycles. The van der Waals surface area contributed by atoms with E-state index in [1.807, 2.05) is 4.90 Å². The highest BCUT2D eigenvalue weighted by Gasteiger charge is 2.22. The smallest absolute Gasteiger partial charge is 0.167 e. The van der Waals surface area contributed by atoms with Gasteiger partial charge in [-0.2, -0.15) is 0 Å².